The first-order valence-corrected chi connectivity index (χ1v) is 20.5. The molecule has 0 spiro atoms. The third-order valence-electron chi connectivity index (χ3n) is 9.88. The zero-order valence-electron chi connectivity index (χ0n) is 30.3. The van der Waals surface area contributed by atoms with Crippen molar-refractivity contribution in [2.45, 2.75) is 71.6 Å². The van der Waals surface area contributed by atoms with Crippen LogP contribution in [0.2, 0.25) is 0 Å². The van der Waals surface area contributed by atoms with E-state index in [1.807, 2.05) is 42.5 Å². The minimum atomic E-state index is 0. The molecule has 2 aromatic carbocycles. The van der Waals surface area contributed by atoms with Gasteiger partial charge in [0.05, 0.1) is 20.4 Å². The van der Waals surface area contributed by atoms with Crippen molar-refractivity contribution in [1.29, 1.82) is 5.26 Å². The predicted molar refractivity (Wildman–Crippen MR) is 223 cm³/mol. The third-order valence-corrected chi connectivity index (χ3v) is 11.8. The number of H-pyrrole nitrogens is 1. The normalized spacial score (nSPS) is 14.6. The van der Waals surface area contributed by atoms with Gasteiger partial charge in [0, 0.05) is 49.7 Å². The molecule has 9 rings (SSSR count). The van der Waals surface area contributed by atoms with Crippen molar-refractivity contribution < 1.29 is 9.47 Å². The third kappa shape index (κ3) is 10.1. The number of hydrogen-bond donors (Lipinski definition) is 3. The van der Waals surface area contributed by atoms with Gasteiger partial charge in [0.2, 0.25) is 5.82 Å². The van der Waals surface area contributed by atoms with Crippen LogP contribution in [0.1, 0.15) is 77.3 Å². The Balaban J connectivity index is 0.000000170. The SMILES string of the molecule is C.N#Cc1cc(Oc2ccc3nc(NCC4CCCCC4)sc3c2)ccn1.c1cc(Oc2ccc3nc(NCC4CCCCC4)sc3c2)cc(-c2nn[nH]n2)n1. The molecule has 2 aliphatic rings. The van der Waals surface area contributed by atoms with Gasteiger partial charge in [-0.05, 0) is 79.1 Å². The van der Waals surface area contributed by atoms with Crippen molar-refractivity contribution in [3.05, 3.63) is 78.8 Å². The number of ether oxygens (including phenoxy) is 2. The van der Waals surface area contributed by atoms with Crippen LogP contribution in [0.5, 0.6) is 23.0 Å². The fourth-order valence-electron chi connectivity index (χ4n) is 7.01. The van der Waals surface area contributed by atoms with E-state index in [2.05, 4.69) is 46.2 Å². The van der Waals surface area contributed by atoms with Crippen molar-refractivity contribution in [2.24, 2.45) is 11.8 Å². The Morgan fingerprint density at radius 1 is 0.679 bits per heavy atom. The number of pyridine rings is 2. The van der Waals surface area contributed by atoms with Crippen molar-refractivity contribution in [2.75, 3.05) is 23.7 Å². The highest BCUT2D eigenvalue weighted by Crippen LogP contribution is 2.34. The van der Waals surface area contributed by atoms with Crippen LogP contribution in [0.3, 0.4) is 0 Å². The lowest BCUT2D eigenvalue weighted by molar-refractivity contribution is 0.373. The maximum atomic E-state index is 8.94. The second-order valence-corrected chi connectivity index (χ2v) is 15.9. The predicted octanol–water partition coefficient (Wildman–Crippen LogP) is 10.6. The molecular weight excluding hydrogens is 743 g/mol. The van der Waals surface area contributed by atoms with Crippen molar-refractivity contribution in [3.8, 4) is 40.6 Å². The highest BCUT2D eigenvalue weighted by Gasteiger charge is 2.16. The molecule has 0 unspecified atom stereocenters. The summed E-state index contributed by atoms with van der Waals surface area (Å²) in [6, 6.07) is 20.8. The number of thiazole rings is 2. The van der Waals surface area contributed by atoms with Gasteiger partial charge in [0.15, 0.2) is 10.3 Å². The molecule has 0 radical (unpaired) electrons. The Morgan fingerprint density at radius 2 is 1.21 bits per heavy atom. The van der Waals surface area contributed by atoms with E-state index in [-0.39, 0.29) is 7.43 Å². The fraction of sp³-hybridized carbons (Fsp3) is 0.366. The first kappa shape index (κ1) is 38.6. The molecule has 2 aliphatic carbocycles. The van der Waals surface area contributed by atoms with Gasteiger partial charge in [0.25, 0.3) is 0 Å². The summed E-state index contributed by atoms with van der Waals surface area (Å²) in [7, 11) is 0. The quantitative estimate of drug-likeness (QED) is 0.113. The van der Waals surface area contributed by atoms with Crippen LogP contribution < -0.4 is 20.1 Å². The van der Waals surface area contributed by atoms with E-state index in [1.54, 1.807) is 59.3 Å². The molecule has 2 fully saturated rings. The highest BCUT2D eigenvalue weighted by atomic mass is 32.1. The van der Waals surface area contributed by atoms with Gasteiger partial charge < -0.3 is 20.1 Å². The topological polar surface area (TPSA) is 172 Å². The average molecular weight is 788 g/mol. The Hall–Kier alpha value is -5.72. The van der Waals surface area contributed by atoms with Crippen molar-refractivity contribution >= 4 is 53.4 Å². The zero-order chi connectivity index (χ0) is 37.2. The van der Waals surface area contributed by atoms with Crippen LogP contribution in [0.25, 0.3) is 32.0 Å². The number of nitrogens with one attached hydrogen (secondary N) is 3. The van der Waals surface area contributed by atoms with E-state index in [0.29, 0.717) is 28.7 Å². The monoisotopic (exact) mass is 787 g/mol. The summed E-state index contributed by atoms with van der Waals surface area (Å²) in [4.78, 5) is 17.6. The molecule has 56 heavy (non-hydrogen) atoms. The molecule has 7 aromatic rings. The van der Waals surface area contributed by atoms with E-state index in [1.165, 1.54) is 64.2 Å². The minimum absolute atomic E-state index is 0. The van der Waals surface area contributed by atoms with E-state index in [9.17, 15) is 0 Å². The molecule has 0 bridgehead atoms. The van der Waals surface area contributed by atoms with Gasteiger partial charge in [-0.15, -0.1) is 10.2 Å². The van der Waals surface area contributed by atoms with Crippen LogP contribution in [-0.4, -0.2) is 53.6 Å². The average Bonchev–Trinajstić information content (AvgIpc) is 4.01. The molecule has 13 nitrogen and oxygen atoms in total. The number of hydrogen-bond acceptors (Lipinski definition) is 14. The number of aromatic nitrogens is 8. The van der Waals surface area contributed by atoms with Gasteiger partial charge in [-0.3, -0.25) is 4.98 Å². The number of nitriles is 1. The van der Waals surface area contributed by atoms with Crippen LogP contribution in [0.15, 0.2) is 73.1 Å². The van der Waals surface area contributed by atoms with Gasteiger partial charge in [-0.1, -0.05) is 68.6 Å². The second kappa shape index (κ2) is 18.7. The molecule has 0 aliphatic heterocycles. The van der Waals surface area contributed by atoms with E-state index < -0.39 is 0 Å². The van der Waals surface area contributed by atoms with E-state index in [0.717, 1.165) is 67.1 Å². The molecule has 3 N–H and O–H groups in total. The van der Waals surface area contributed by atoms with Gasteiger partial charge in [-0.25, -0.2) is 15.0 Å². The summed E-state index contributed by atoms with van der Waals surface area (Å²) in [5.74, 6) is 4.74. The summed E-state index contributed by atoms with van der Waals surface area (Å²) in [5.41, 5.74) is 2.90. The highest BCUT2D eigenvalue weighted by molar-refractivity contribution is 7.22. The van der Waals surface area contributed by atoms with Crippen molar-refractivity contribution in [1.82, 2.24) is 40.6 Å². The first-order chi connectivity index (χ1) is 27.1. The molecule has 0 atom stereocenters. The molecular formula is C41H45N11O2S2. The Labute approximate surface area is 334 Å². The number of aromatic amines is 1. The number of rotatable bonds is 11. The maximum Gasteiger partial charge on any atom is 0.223 e. The standard InChI is InChI=1S/C20H21N7OS.C20H20N4OS.CH4/c1-2-4-13(5-3-1)12-22-20-23-16-7-6-14(11-18(16)29-20)28-15-8-9-21-17(10-15)19-24-26-27-25-19;21-12-15-10-17(8-9-22-15)25-16-6-7-18-19(11-16)26-20(24-18)23-13-14-4-2-1-3-5-14;/h6-11,13H,1-5,12H2,(H,22,23)(H,24,25,26,27);6-11,14H,1-5,13H2,(H,23,24);1H4. The summed E-state index contributed by atoms with van der Waals surface area (Å²) in [5, 5.41) is 31.8. The molecule has 5 aromatic heterocycles. The first-order valence-electron chi connectivity index (χ1n) is 18.8. The number of anilines is 2. The lowest BCUT2D eigenvalue weighted by atomic mass is 9.89. The fourth-order valence-corrected chi connectivity index (χ4v) is 8.81. The molecule has 15 heteroatoms. The van der Waals surface area contributed by atoms with Crippen molar-refractivity contribution in [3.63, 3.8) is 0 Å². The van der Waals surface area contributed by atoms with Crippen LogP contribution in [-0.2, 0) is 0 Å². The van der Waals surface area contributed by atoms with E-state index in [4.69, 9.17) is 19.7 Å². The minimum Gasteiger partial charge on any atom is -0.457 e. The van der Waals surface area contributed by atoms with Gasteiger partial charge in [0.1, 0.15) is 40.5 Å². The van der Waals surface area contributed by atoms with Gasteiger partial charge in [-0.2, -0.15) is 10.5 Å². The molecule has 0 amide bonds. The Kier molecular flexibility index (Phi) is 12.9. The van der Waals surface area contributed by atoms with Crippen LogP contribution in [0.4, 0.5) is 10.3 Å². The summed E-state index contributed by atoms with van der Waals surface area (Å²) >= 11 is 3.32. The summed E-state index contributed by atoms with van der Waals surface area (Å²) < 4.78 is 14.1. The number of nitrogens with zero attached hydrogens (tertiary/aromatic N) is 8. The van der Waals surface area contributed by atoms with Crippen LogP contribution in [0, 0.1) is 23.2 Å². The lowest BCUT2D eigenvalue weighted by Gasteiger charge is -2.21. The second-order valence-electron chi connectivity index (χ2n) is 13.9. The summed E-state index contributed by atoms with van der Waals surface area (Å²) in [6.07, 6.45) is 16.7. The zero-order valence-corrected chi connectivity index (χ0v) is 31.9. The maximum absolute atomic E-state index is 8.94. The number of benzene rings is 2. The molecule has 288 valence electrons. The Morgan fingerprint density at radius 3 is 1.75 bits per heavy atom. The number of tetrazole rings is 1. The smallest absolute Gasteiger partial charge is 0.223 e. The Bertz CT molecular complexity index is 2360. The lowest BCUT2D eigenvalue weighted by Crippen LogP contribution is -2.16. The summed E-state index contributed by atoms with van der Waals surface area (Å²) in [6.45, 7) is 2.02. The molecule has 5 heterocycles. The molecule has 0 saturated heterocycles. The van der Waals surface area contributed by atoms with Crippen LogP contribution >= 0.6 is 22.7 Å². The number of fused-ring (bicyclic) bond motifs is 2. The van der Waals surface area contributed by atoms with Gasteiger partial charge >= 0.3 is 0 Å². The van der Waals surface area contributed by atoms with E-state index >= 15 is 0 Å². The molecule has 2 saturated carbocycles. The largest absolute Gasteiger partial charge is 0.457 e.